The van der Waals surface area contributed by atoms with Crippen LogP contribution in [0, 0.1) is 0 Å². The standard InChI is InChI=1S/C9H14.2ClH/c1-2-3-6-9-7-4-5-8-9;;/h4-5,7H,2-3,6,8H2,1H3;2*1H. The SMILES string of the molecule is CCCCC1=CC=CC1.Cl.Cl. The number of allylic oxidation sites excluding steroid dienone is 4. The van der Waals surface area contributed by atoms with Crippen LogP contribution in [-0.2, 0) is 0 Å². The Hall–Kier alpha value is 0.0600. The van der Waals surface area contributed by atoms with Crippen molar-refractivity contribution in [3.8, 4) is 0 Å². The zero-order valence-electron chi connectivity index (χ0n) is 6.88. The van der Waals surface area contributed by atoms with Crippen LogP contribution in [0.25, 0.3) is 0 Å². The Morgan fingerprint density at radius 3 is 2.55 bits per heavy atom. The molecule has 1 rings (SSSR count). The molecule has 0 atom stereocenters. The fourth-order valence-corrected chi connectivity index (χ4v) is 1.08. The second-order valence-electron chi connectivity index (χ2n) is 2.56. The summed E-state index contributed by atoms with van der Waals surface area (Å²) in [6, 6.07) is 0. The molecule has 0 saturated heterocycles. The number of hydrogen-bond acceptors (Lipinski definition) is 0. The summed E-state index contributed by atoms with van der Waals surface area (Å²) in [5.41, 5.74) is 1.61. The van der Waals surface area contributed by atoms with Gasteiger partial charge in [-0.15, -0.1) is 24.8 Å². The van der Waals surface area contributed by atoms with E-state index in [2.05, 4.69) is 25.2 Å². The smallest absolute Gasteiger partial charge is 0.0133 e. The molecule has 0 spiro atoms. The predicted molar refractivity (Wildman–Crippen MR) is 55.9 cm³/mol. The zero-order valence-corrected chi connectivity index (χ0v) is 8.51. The minimum atomic E-state index is 0. The van der Waals surface area contributed by atoms with Gasteiger partial charge in [0.05, 0.1) is 0 Å². The van der Waals surface area contributed by atoms with Crippen LogP contribution in [0.15, 0.2) is 23.8 Å². The van der Waals surface area contributed by atoms with Gasteiger partial charge in [0.2, 0.25) is 0 Å². The van der Waals surface area contributed by atoms with Gasteiger partial charge in [-0.3, -0.25) is 0 Å². The Balaban J connectivity index is 0. The van der Waals surface area contributed by atoms with Gasteiger partial charge >= 0.3 is 0 Å². The van der Waals surface area contributed by atoms with Crippen LogP contribution in [0.3, 0.4) is 0 Å². The molecule has 2 heteroatoms. The van der Waals surface area contributed by atoms with E-state index in [0.717, 1.165) is 0 Å². The van der Waals surface area contributed by atoms with E-state index in [1.165, 1.54) is 25.7 Å². The maximum absolute atomic E-state index is 2.25. The molecule has 0 radical (unpaired) electrons. The van der Waals surface area contributed by atoms with Crippen LogP contribution in [0.1, 0.15) is 32.6 Å². The van der Waals surface area contributed by atoms with Gasteiger partial charge in [0.15, 0.2) is 0 Å². The Morgan fingerprint density at radius 2 is 2.09 bits per heavy atom. The minimum Gasteiger partial charge on any atom is -0.147 e. The highest BCUT2D eigenvalue weighted by Crippen LogP contribution is 2.16. The summed E-state index contributed by atoms with van der Waals surface area (Å²) in [6.45, 7) is 2.24. The van der Waals surface area contributed by atoms with Crippen molar-refractivity contribution in [2.45, 2.75) is 32.6 Å². The van der Waals surface area contributed by atoms with E-state index < -0.39 is 0 Å². The lowest BCUT2D eigenvalue weighted by Gasteiger charge is -1.96. The van der Waals surface area contributed by atoms with Crippen LogP contribution in [0.2, 0.25) is 0 Å². The first-order chi connectivity index (χ1) is 4.43. The average Bonchev–Trinajstić information content (AvgIpc) is 2.34. The maximum Gasteiger partial charge on any atom is -0.0133 e. The molecule has 11 heavy (non-hydrogen) atoms. The van der Waals surface area contributed by atoms with E-state index in [4.69, 9.17) is 0 Å². The lowest BCUT2D eigenvalue weighted by Crippen LogP contribution is -1.77. The molecule has 0 heterocycles. The maximum atomic E-state index is 2.25. The van der Waals surface area contributed by atoms with Crippen molar-refractivity contribution >= 4 is 24.8 Å². The summed E-state index contributed by atoms with van der Waals surface area (Å²) in [6.07, 6.45) is 11.8. The van der Waals surface area contributed by atoms with Gasteiger partial charge in [-0.25, -0.2) is 0 Å². The third-order valence-corrected chi connectivity index (χ3v) is 1.70. The highest BCUT2D eigenvalue weighted by atomic mass is 35.5. The average molecular weight is 195 g/mol. The summed E-state index contributed by atoms with van der Waals surface area (Å²) in [4.78, 5) is 0. The quantitative estimate of drug-likeness (QED) is 0.640. The number of rotatable bonds is 3. The Labute approximate surface area is 81.6 Å². The summed E-state index contributed by atoms with van der Waals surface area (Å²) in [7, 11) is 0. The van der Waals surface area contributed by atoms with Crippen LogP contribution in [-0.4, -0.2) is 0 Å². The van der Waals surface area contributed by atoms with Crippen molar-refractivity contribution in [1.29, 1.82) is 0 Å². The third kappa shape index (κ3) is 5.34. The molecule has 0 nitrogen and oxygen atoms in total. The third-order valence-electron chi connectivity index (χ3n) is 1.70. The zero-order chi connectivity index (χ0) is 6.53. The van der Waals surface area contributed by atoms with Crippen LogP contribution >= 0.6 is 24.8 Å². The summed E-state index contributed by atoms with van der Waals surface area (Å²) >= 11 is 0. The largest absolute Gasteiger partial charge is 0.147 e. The molecule has 0 aromatic heterocycles. The van der Waals surface area contributed by atoms with Gasteiger partial charge in [0.1, 0.15) is 0 Å². The number of unbranched alkanes of at least 4 members (excludes halogenated alkanes) is 1. The number of halogens is 2. The van der Waals surface area contributed by atoms with E-state index in [1.807, 2.05) is 0 Å². The van der Waals surface area contributed by atoms with Gasteiger partial charge in [0, 0.05) is 0 Å². The van der Waals surface area contributed by atoms with Gasteiger partial charge < -0.3 is 0 Å². The molecule has 0 aromatic rings. The van der Waals surface area contributed by atoms with Crippen molar-refractivity contribution in [2.75, 3.05) is 0 Å². The van der Waals surface area contributed by atoms with E-state index in [9.17, 15) is 0 Å². The van der Waals surface area contributed by atoms with Gasteiger partial charge in [-0.1, -0.05) is 37.1 Å². The summed E-state index contributed by atoms with van der Waals surface area (Å²) in [5, 5.41) is 0. The van der Waals surface area contributed by atoms with Crippen molar-refractivity contribution in [3.63, 3.8) is 0 Å². The van der Waals surface area contributed by atoms with E-state index >= 15 is 0 Å². The Bertz CT molecular complexity index is 136. The first-order valence-electron chi connectivity index (χ1n) is 3.78. The summed E-state index contributed by atoms with van der Waals surface area (Å²) in [5.74, 6) is 0. The van der Waals surface area contributed by atoms with Crippen LogP contribution in [0.4, 0.5) is 0 Å². The minimum absolute atomic E-state index is 0. The van der Waals surface area contributed by atoms with Crippen molar-refractivity contribution in [1.82, 2.24) is 0 Å². The van der Waals surface area contributed by atoms with Crippen molar-refractivity contribution in [2.24, 2.45) is 0 Å². The molecule has 0 aromatic carbocycles. The Kier molecular flexibility index (Phi) is 10.1. The molecule has 0 unspecified atom stereocenters. The van der Waals surface area contributed by atoms with E-state index in [1.54, 1.807) is 5.57 Å². The van der Waals surface area contributed by atoms with Crippen LogP contribution in [0.5, 0.6) is 0 Å². The highest BCUT2D eigenvalue weighted by Gasteiger charge is 1.96. The lowest BCUT2D eigenvalue weighted by atomic mass is 10.1. The summed E-state index contributed by atoms with van der Waals surface area (Å²) < 4.78 is 0. The molecule has 0 bridgehead atoms. The molecular weight excluding hydrogens is 179 g/mol. The first kappa shape index (κ1) is 13.6. The van der Waals surface area contributed by atoms with Gasteiger partial charge in [-0.05, 0) is 19.3 Å². The predicted octanol–water partition coefficient (Wildman–Crippen LogP) is 3.91. The molecule has 0 aliphatic heterocycles. The fourth-order valence-electron chi connectivity index (χ4n) is 1.08. The van der Waals surface area contributed by atoms with Gasteiger partial charge in [0.25, 0.3) is 0 Å². The molecule has 0 N–H and O–H groups in total. The Morgan fingerprint density at radius 1 is 1.36 bits per heavy atom. The lowest BCUT2D eigenvalue weighted by molar-refractivity contribution is 0.779. The molecule has 66 valence electrons. The topological polar surface area (TPSA) is 0 Å². The fraction of sp³-hybridized carbons (Fsp3) is 0.556. The van der Waals surface area contributed by atoms with Crippen LogP contribution < -0.4 is 0 Å². The van der Waals surface area contributed by atoms with E-state index in [-0.39, 0.29) is 24.8 Å². The molecule has 0 fully saturated rings. The monoisotopic (exact) mass is 194 g/mol. The molecule has 0 saturated carbocycles. The van der Waals surface area contributed by atoms with Crippen molar-refractivity contribution < 1.29 is 0 Å². The second-order valence-corrected chi connectivity index (χ2v) is 2.56. The highest BCUT2D eigenvalue weighted by molar-refractivity contribution is 5.85. The molecule has 1 aliphatic rings. The normalized spacial score (nSPS) is 13.4. The second kappa shape index (κ2) is 8.16. The molecule has 0 amide bonds. The molecular formula is C9H16Cl2. The molecule has 1 aliphatic carbocycles. The number of hydrogen-bond donors (Lipinski definition) is 0. The van der Waals surface area contributed by atoms with Crippen molar-refractivity contribution in [3.05, 3.63) is 23.8 Å². The first-order valence-corrected chi connectivity index (χ1v) is 3.78. The van der Waals surface area contributed by atoms with E-state index in [0.29, 0.717) is 0 Å². The van der Waals surface area contributed by atoms with Gasteiger partial charge in [-0.2, -0.15) is 0 Å².